The number of nitrogens with zero attached hydrogens (tertiary/aromatic N) is 2. The molecular weight excluding hydrogens is 505 g/mol. The van der Waals surface area contributed by atoms with E-state index in [-0.39, 0.29) is 25.3 Å². The Bertz CT molecular complexity index is 866. The molecule has 0 aliphatic carbocycles. The van der Waals surface area contributed by atoms with E-state index in [9.17, 15) is 9.36 Å². The highest BCUT2D eigenvalue weighted by atomic mass is 31.2. The molecule has 10 heteroatoms. The predicted molar refractivity (Wildman–Crippen MR) is 152 cm³/mol. The monoisotopic (exact) mass is 555 g/mol. The Morgan fingerprint density at radius 1 is 1.00 bits per heavy atom. The molecule has 1 aromatic rings. The van der Waals surface area contributed by atoms with Gasteiger partial charge in [0.05, 0.1) is 19.8 Å². The highest BCUT2D eigenvalue weighted by Gasteiger charge is 2.33. The van der Waals surface area contributed by atoms with Gasteiger partial charge in [-0.2, -0.15) is 4.98 Å². The van der Waals surface area contributed by atoms with Crippen molar-refractivity contribution in [1.82, 2.24) is 9.55 Å². The molecule has 0 bridgehead atoms. The van der Waals surface area contributed by atoms with Crippen LogP contribution in [-0.4, -0.2) is 48.4 Å². The first-order valence-electron chi connectivity index (χ1n) is 14.6. The maximum Gasteiger partial charge on any atom is 0.356 e. The second-order valence-corrected chi connectivity index (χ2v) is 12.0. The number of hydrogen-bond donors (Lipinski definition) is 1. The van der Waals surface area contributed by atoms with E-state index in [2.05, 4.69) is 24.1 Å². The summed E-state index contributed by atoms with van der Waals surface area (Å²) in [4.78, 5) is 15.5. The molecule has 1 fully saturated rings. The summed E-state index contributed by atoms with van der Waals surface area (Å²) in [5, 5.41) is 0. The normalized spacial score (nSPS) is 19.9. The van der Waals surface area contributed by atoms with Gasteiger partial charge in [-0.3, -0.25) is 9.13 Å². The molecule has 0 saturated carbocycles. The van der Waals surface area contributed by atoms with Gasteiger partial charge >= 0.3 is 13.3 Å². The smallest absolute Gasteiger partial charge is 0.356 e. The van der Waals surface area contributed by atoms with Crippen LogP contribution in [0.3, 0.4) is 0 Å². The third-order valence-electron chi connectivity index (χ3n) is 6.49. The van der Waals surface area contributed by atoms with Crippen LogP contribution in [0, 0.1) is 0 Å². The van der Waals surface area contributed by atoms with Crippen LogP contribution in [0.4, 0.5) is 5.82 Å². The number of aromatic nitrogens is 2. The van der Waals surface area contributed by atoms with Crippen molar-refractivity contribution in [2.45, 2.75) is 109 Å². The number of nitrogen functional groups attached to an aromatic ring is 1. The fraction of sp³-hybridized carbons (Fsp3) is 0.786. The lowest BCUT2D eigenvalue weighted by Gasteiger charge is -2.29. The van der Waals surface area contributed by atoms with Gasteiger partial charge in [-0.1, -0.05) is 70.4 Å². The number of nitrogens with two attached hydrogens (primary N) is 1. The van der Waals surface area contributed by atoms with Crippen LogP contribution in [0.5, 0.6) is 0 Å². The molecule has 0 amide bonds. The molecule has 1 saturated heterocycles. The van der Waals surface area contributed by atoms with Crippen molar-refractivity contribution < 1.29 is 23.1 Å². The third-order valence-corrected chi connectivity index (χ3v) is 8.08. The summed E-state index contributed by atoms with van der Waals surface area (Å²) in [6.07, 6.45) is 23.1. The molecule has 1 aromatic heterocycles. The first-order chi connectivity index (χ1) is 18.5. The SMILES string of the molecule is CCCCCCCC/C=C\CCCCCCCOCCCOP1(=O)CO[C@@H](Cn2ccc(N)nc2=O)CO1. The maximum absolute atomic E-state index is 12.6. The zero-order valence-electron chi connectivity index (χ0n) is 23.4. The molecule has 1 unspecified atom stereocenters. The van der Waals surface area contributed by atoms with Gasteiger partial charge in [-0.25, -0.2) is 4.79 Å². The van der Waals surface area contributed by atoms with Crippen LogP contribution in [-0.2, 0) is 29.6 Å². The number of rotatable bonds is 22. The molecule has 2 atom stereocenters. The van der Waals surface area contributed by atoms with Crippen molar-refractivity contribution in [2.24, 2.45) is 0 Å². The maximum atomic E-state index is 12.6. The van der Waals surface area contributed by atoms with E-state index in [0.717, 1.165) is 13.0 Å². The van der Waals surface area contributed by atoms with Crippen molar-refractivity contribution in [2.75, 3.05) is 38.5 Å². The lowest BCUT2D eigenvalue weighted by atomic mass is 10.1. The van der Waals surface area contributed by atoms with E-state index < -0.39 is 19.4 Å². The lowest BCUT2D eigenvalue weighted by Crippen LogP contribution is -2.35. The van der Waals surface area contributed by atoms with Gasteiger partial charge in [0.2, 0.25) is 0 Å². The third kappa shape index (κ3) is 15.2. The molecule has 2 rings (SSSR count). The van der Waals surface area contributed by atoms with Crippen LogP contribution in [0.25, 0.3) is 0 Å². The highest BCUT2D eigenvalue weighted by Crippen LogP contribution is 2.50. The van der Waals surface area contributed by atoms with Crippen LogP contribution in [0.2, 0.25) is 0 Å². The van der Waals surface area contributed by atoms with Gasteiger partial charge in [0.25, 0.3) is 0 Å². The van der Waals surface area contributed by atoms with Gasteiger partial charge in [0.1, 0.15) is 18.3 Å². The fourth-order valence-corrected chi connectivity index (χ4v) is 5.62. The fourth-order valence-electron chi connectivity index (χ4n) is 4.20. The molecule has 1 aliphatic heterocycles. The van der Waals surface area contributed by atoms with Gasteiger partial charge in [0, 0.05) is 19.4 Å². The molecule has 0 spiro atoms. The molecular formula is C28H50N3O6P. The standard InChI is InChI=1S/C28H50N3O6P/c1-2-3-4-5-6-7-8-9-10-11-12-13-14-15-16-20-34-21-17-22-36-38(33)25-35-26(24-37-38)23-31-19-18-27(29)30-28(31)32/h9-10,18-19,26H,2-8,11-17,20-25H2,1H3,(H2,29,30,32)/b10-9-/t26-,38?/m0/s1. The molecule has 0 aromatic carbocycles. The quantitative estimate of drug-likeness (QED) is 0.0984. The number of hydrogen-bond acceptors (Lipinski definition) is 8. The Morgan fingerprint density at radius 3 is 2.32 bits per heavy atom. The van der Waals surface area contributed by atoms with Crippen LogP contribution >= 0.6 is 7.60 Å². The molecule has 218 valence electrons. The van der Waals surface area contributed by atoms with E-state index in [1.165, 1.54) is 81.6 Å². The summed E-state index contributed by atoms with van der Waals surface area (Å²) in [6.45, 7) is 4.20. The van der Waals surface area contributed by atoms with Gasteiger partial charge in [-0.15, -0.1) is 0 Å². The summed E-state index contributed by atoms with van der Waals surface area (Å²) >= 11 is 0. The Kier molecular flexibility index (Phi) is 17.6. The topological polar surface area (TPSA) is 115 Å². The molecule has 2 N–H and O–H groups in total. The zero-order valence-corrected chi connectivity index (χ0v) is 24.3. The van der Waals surface area contributed by atoms with E-state index in [0.29, 0.717) is 19.6 Å². The van der Waals surface area contributed by atoms with Gasteiger partial charge < -0.3 is 24.3 Å². The molecule has 38 heavy (non-hydrogen) atoms. The molecule has 1 aliphatic rings. The summed E-state index contributed by atoms with van der Waals surface area (Å²) in [5.74, 6) is 0.168. The Hall–Kier alpha value is -1.51. The Balaban J connectivity index is 1.35. The van der Waals surface area contributed by atoms with Crippen molar-refractivity contribution in [3.8, 4) is 0 Å². The van der Waals surface area contributed by atoms with Crippen molar-refractivity contribution in [3.63, 3.8) is 0 Å². The number of ether oxygens (including phenoxy) is 2. The van der Waals surface area contributed by atoms with E-state index in [4.69, 9.17) is 24.3 Å². The van der Waals surface area contributed by atoms with Crippen molar-refractivity contribution >= 4 is 13.4 Å². The number of unbranched alkanes of at least 4 members (excludes halogenated alkanes) is 11. The van der Waals surface area contributed by atoms with E-state index in [1.807, 2.05) is 0 Å². The minimum Gasteiger partial charge on any atom is -0.383 e. The zero-order chi connectivity index (χ0) is 27.3. The minimum absolute atomic E-state index is 0.0834. The van der Waals surface area contributed by atoms with Crippen LogP contribution < -0.4 is 11.4 Å². The average molecular weight is 556 g/mol. The van der Waals surface area contributed by atoms with E-state index >= 15 is 0 Å². The van der Waals surface area contributed by atoms with Crippen LogP contribution in [0.15, 0.2) is 29.2 Å². The minimum atomic E-state index is -3.27. The highest BCUT2D eigenvalue weighted by molar-refractivity contribution is 7.53. The molecule has 9 nitrogen and oxygen atoms in total. The lowest BCUT2D eigenvalue weighted by molar-refractivity contribution is -0.0154. The second kappa shape index (κ2) is 20.4. The average Bonchev–Trinajstić information content (AvgIpc) is 2.90. The van der Waals surface area contributed by atoms with Gasteiger partial charge in [-0.05, 0) is 44.6 Å². The first-order valence-corrected chi connectivity index (χ1v) is 16.3. The van der Waals surface area contributed by atoms with E-state index in [1.54, 1.807) is 12.3 Å². The molecule has 0 radical (unpaired) electrons. The Labute approximate surface area is 229 Å². The largest absolute Gasteiger partial charge is 0.383 e. The molecule has 2 heterocycles. The predicted octanol–water partition coefficient (Wildman–Crippen LogP) is 6.46. The Morgan fingerprint density at radius 2 is 1.66 bits per heavy atom. The summed E-state index contributed by atoms with van der Waals surface area (Å²) < 4.78 is 36.2. The van der Waals surface area contributed by atoms with Crippen molar-refractivity contribution in [1.29, 1.82) is 0 Å². The van der Waals surface area contributed by atoms with Crippen LogP contribution in [0.1, 0.15) is 96.8 Å². The number of anilines is 1. The van der Waals surface area contributed by atoms with Crippen molar-refractivity contribution in [3.05, 3.63) is 34.9 Å². The summed E-state index contributed by atoms with van der Waals surface area (Å²) in [6, 6.07) is 1.54. The summed E-state index contributed by atoms with van der Waals surface area (Å²) in [5.41, 5.74) is 5.04. The second-order valence-electron chi connectivity index (χ2n) is 10.00. The summed E-state index contributed by atoms with van der Waals surface area (Å²) in [7, 11) is -3.27. The first kappa shape index (κ1) is 32.7. The van der Waals surface area contributed by atoms with Gasteiger partial charge in [0.15, 0.2) is 0 Å². The number of allylic oxidation sites excluding steroid dienone is 2.